The maximum atomic E-state index is 13.1. The Bertz CT molecular complexity index is 1070. The van der Waals surface area contributed by atoms with Crippen LogP contribution in [0.25, 0.3) is 28.1 Å². The largest absolute Gasteiger partial charge is 0.268 e. The van der Waals surface area contributed by atoms with E-state index in [1.165, 1.54) is 0 Å². The molecule has 0 aliphatic heterocycles. The molecule has 0 saturated carbocycles. The van der Waals surface area contributed by atoms with Crippen LogP contribution in [0.4, 0.5) is 0 Å². The van der Waals surface area contributed by atoms with E-state index >= 15 is 0 Å². The van der Waals surface area contributed by atoms with Gasteiger partial charge in [-0.05, 0) is 43.3 Å². The lowest BCUT2D eigenvalue weighted by Gasteiger charge is -2.13. The van der Waals surface area contributed by atoms with Crippen molar-refractivity contribution in [3.63, 3.8) is 0 Å². The van der Waals surface area contributed by atoms with Crippen molar-refractivity contribution in [3.8, 4) is 17.2 Å². The Kier molecular flexibility index (Phi) is 3.39. The summed E-state index contributed by atoms with van der Waals surface area (Å²) in [6.45, 7) is 1.96. The third-order valence-corrected chi connectivity index (χ3v) is 3.84. The molecule has 0 amide bonds. The first-order valence-electron chi connectivity index (χ1n) is 7.59. The summed E-state index contributed by atoms with van der Waals surface area (Å²) in [5, 5.41) is 0.582. The average molecular weight is 314 g/mol. The third-order valence-electron chi connectivity index (χ3n) is 3.84. The van der Waals surface area contributed by atoms with Crippen LogP contribution in [0.15, 0.2) is 71.9 Å². The number of aromatic nitrogens is 4. The van der Waals surface area contributed by atoms with Gasteiger partial charge in [0, 0.05) is 24.2 Å². The van der Waals surface area contributed by atoms with Crippen LogP contribution in [-0.4, -0.2) is 19.5 Å². The van der Waals surface area contributed by atoms with Gasteiger partial charge in [-0.1, -0.05) is 17.7 Å². The molecule has 3 aromatic heterocycles. The van der Waals surface area contributed by atoms with Crippen LogP contribution >= 0.6 is 0 Å². The molecule has 0 fully saturated rings. The van der Waals surface area contributed by atoms with E-state index in [1.807, 2.05) is 49.4 Å². The molecule has 0 aliphatic rings. The molecule has 24 heavy (non-hydrogen) atoms. The van der Waals surface area contributed by atoms with Crippen LogP contribution in [0.5, 0.6) is 0 Å². The van der Waals surface area contributed by atoms with Crippen molar-refractivity contribution < 1.29 is 0 Å². The normalized spacial score (nSPS) is 10.9. The molecule has 0 radical (unpaired) electrons. The van der Waals surface area contributed by atoms with Gasteiger partial charge in [-0.25, -0.2) is 14.5 Å². The smallest absolute Gasteiger partial charge is 0.267 e. The van der Waals surface area contributed by atoms with Crippen LogP contribution in [0.2, 0.25) is 0 Å². The summed E-state index contributed by atoms with van der Waals surface area (Å²) < 4.78 is 1.55. The van der Waals surface area contributed by atoms with E-state index < -0.39 is 0 Å². The summed E-state index contributed by atoms with van der Waals surface area (Å²) in [7, 11) is 0. The number of aryl methyl sites for hydroxylation is 1. The standard InChI is InChI=1S/C19H14N4O/c1-13-5-6-16-15(12-13)19(24)23(17-4-2-3-9-21-17)18(22-16)14-7-10-20-11-8-14/h2-12H,1H3. The Labute approximate surface area is 138 Å². The Morgan fingerprint density at radius 2 is 1.79 bits per heavy atom. The minimum atomic E-state index is -0.130. The zero-order valence-corrected chi connectivity index (χ0v) is 13.0. The van der Waals surface area contributed by atoms with E-state index in [4.69, 9.17) is 4.98 Å². The summed E-state index contributed by atoms with van der Waals surface area (Å²) in [5.41, 5.74) is 2.37. The van der Waals surface area contributed by atoms with E-state index in [1.54, 1.807) is 29.2 Å². The average Bonchev–Trinajstić information content (AvgIpc) is 2.63. The Morgan fingerprint density at radius 1 is 0.958 bits per heavy atom. The van der Waals surface area contributed by atoms with Crippen molar-refractivity contribution in [1.29, 1.82) is 0 Å². The molecule has 5 heteroatoms. The molecule has 3 heterocycles. The van der Waals surface area contributed by atoms with Crippen molar-refractivity contribution >= 4 is 10.9 Å². The lowest BCUT2D eigenvalue weighted by Crippen LogP contribution is -2.22. The van der Waals surface area contributed by atoms with E-state index in [2.05, 4.69) is 9.97 Å². The molecule has 1 aromatic carbocycles. The number of hydrogen-bond acceptors (Lipinski definition) is 4. The predicted molar refractivity (Wildman–Crippen MR) is 93.1 cm³/mol. The summed E-state index contributed by atoms with van der Waals surface area (Å²) >= 11 is 0. The zero-order chi connectivity index (χ0) is 16.5. The summed E-state index contributed by atoms with van der Waals surface area (Å²) in [6.07, 6.45) is 5.03. The van der Waals surface area contributed by atoms with E-state index in [0.717, 1.165) is 11.1 Å². The molecule has 0 atom stereocenters. The highest BCUT2D eigenvalue weighted by atomic mass is 16.1. The fourth-order valence-electron chi connectivity index (χ4n) is 2.69. The summed E-state index contributed by atoms with van der Waals surface area (Å²) in [4.78, 5) is 26.2. The number of hydrogen-bond donors (Lipinski definition) is 0. The first kappa shape index (κ1) is 14.3. The molecule has 0 saturated heterocycles. The van der Waals surface area contributed by atoms with E-state index in [0.29, 0.717) is 22.5 Å². The highest BCUT2D eigenvalue weighted by molar-refractivity contribution is 5.81. The van der Waals surface area contributed by atoms with E-state index in [9.17, 15) is 4.79 Å². The number of pyridine rings is 2. The first-order valence-corrected chi connectivity index (χ1v) is 7.59. The monoisotopic (exact) mass is 314 g/mol. The van der Waals surface area contributed by atoms with Gasteiger partial charge in [-0.15, -0.1) is 0 Å². The van der Waals surface area contributed by atoms with Gasteiger partial charge in [0.2, 0.25) is 0 Å². The molecule has 5 nitrogen and oxygen atoms in total. The van der Waals surface area contributed by atoms with Crippen LogP contribution in [0.3, 0.4) is 0 Å². The number of nitrogens with zero attached hydrogens (tertiary/aromatic N) is 4. The summed E-state index contributed by atoms with van der Waals surface area (Å²) in [5.74, 6) is 1.10. The van der Waals surface area contributed by atoms with Gasteiger partial charge in [0.1, 0.15) is 11.6 Å². The molecule has 0 spiro atoms. The Balaban J connectivity index is 2.14. The maximum Gasteiger partial charge on any atom is 0.267 e. The van der Waals surface area contributed by atoms with Crippen LogP contribution in [0.1, 0.15) is 5.56 Å². The second kappa shape index (κ2) is 5.70. The van der Waals surface area contributed by atoms with Crippen molar-refractivity contribution in [2.75, 3.05) is 0 Å². The molecule has 0 bridgehead atoms. The zero-order valence-electron chi connectivity index (χ0n) is 13.0. The second-order valence-electron chi connectivity index (χ2n) is 5.52. The molecule has 0 N–H and O–H groups in total. The van der Waals surface area contributed by atoms with E-state index in [-0.39, 0.29) is 5.56 Å². The molecule has 0 unspecified atom stereocenters. The SMILES string of the molecule is Cc1ccc2nc(-c3ccncc3)n(-c3ccccn3)c(=O)c2c1. The van der Waals surface area contributed by atoms with Gasteiger partial charge in [0.05, 0.1) is 10.9 Å². The number of rotatable bonds is 2. The highest BCUT2D eigenvalue weighted by Gasteiger charge is 2.15. The molecule has 4 rings (SSSR count). The number of fused-ring (bicyclic) bond motifs is 1. The molecular formula is C19H14N4O. The van der Waals surface area contributed by atoms with Gasteiger partial charge in [-0.3, -0.25) is 9.78 Å². The fourth-order valence-corrected chi connectivity index (χ4v) is 2.69. The predicted octanol–water partition coefficient (Wildman–Crippen LogP) is 3.15. The fraction of sp³-hybridized carbons (Fsp3) is 0.0526. The lowest BCUT2D eigenvalue weighted by molar-refractivity contribution is 0.931. The topological polar surface area (TPSA) is 60.7 Å². The van der Waals surface area contributed by atoms with Gasteiger partial charge in [0.25, 0.3) is 5.56 Å². The number of benzene rings is 1. The van der Waals surface area contributed by atoms with Crippen molar-refractivity contribution in [1.82, 2.24) is 19.5 Å². The van der Waals surface area contributed by atoms with Crippen LogP contribution < -0.4 is 5.56 Å². The highest BCUT2D eigenvalue weighted by Crippen LogP contribution is 2.21. The Morgan fingerprint density at radius 3 is 2.54 bits per heavy atom. The molecule has 4 aromatic rings. The molecule has 116 valence electrons. The van der Waals surface area contributed by atoms with Crippen molar-refractivity contribution in [2.45, 2.75) is 6.92 Å². The van der Waals surface area contributed by atoms with Crippen LogP contribution in [-0.2, 0) is 0 Å². The lowest BCUT2D eigenvalue weighted by atomic mass is 10.1. The Hall–Kier alpha value is -3.34. The van der Waals surface area contributed by atoms with Gasteiger partial charge in [0.15, 0.2) is 0 Å². The first-order chi connectivity index (χ1) is 11.7. The van der Waals surface area contributed by atoms with Gasteiger partial charge >= 0.3 is 0 Å². The molecular weight excluding hydrogens is 300 g/mol. The second-order valence-corrected chi connectivity index (χ2v) is 5.52. The summed E-state index contributed by atoms with van der Waals surface area (Å²) in [6, 6.07) is 14.8. The quantitative estimate of drug-likeness (QED) is 0.570. The van der Waals surface area contributed by atoms with Crippen LogP contribution in [0, 0.1) is 6.92 Å². The maximum absolute atomic E-state index is 13.1. The minimum Gasteiger partial charge on any atom is -0.268 e. The molecule has 0 aliphatic carbocycles. The van der Waals surface area contributed by atoms with Crippen molar-refractivity contribution in [3.05, 3.63) is 83.0 Å². The minimum absolute atomic E-state index is 0.130. The third kappa shape index (κ3) is 2.36. The van der Waals surface area contributed by atoms with Crippen molar-refractivity contribution in [2.24, 2.45) is 0 Å². The van der Waals surface area contributed by atoms with Gasteiger partial charge < -0.3 is 0 Å². The van der Waals surface area contributed by atoms with Gasteiger partial charge in [-0.2, -0.15) is 0 Å².